The fourth-order valence-corrected chi connectivity index (χ4v) is 5.15. The van der Waals surface area contributed by atoms with Crippen LogP contribution in [0.1, 0.15) is 12.5 Å². The van der Waals surface area contributed by atoms with E-state index in [0.29, 0.717) is 6.61 Å². The third-order valence-corrected chi connectivity index (χ3v) is 6.99. The molecule has 37 heavy (non-hydrogen) atoms. The zero-order valence-corrected chi connectivity index (χ0v) is 21.1. The number of nitrogens with zero attached hydrogens (tertiary/aromatic N) is 5. The van der Waals surface area contributed by atoms with Crippen LogP contribution in [0.2, 0.25) is 0 Å². The van der Waals surface area contributed by atoms with Gasteiger partial charge < -0.3 is 14.2 Å². The summed E-state index contributed by atoms with van der Waals surface area (Å²) in [6.07, 6.45) is 3.90. The van der Waals surface area contributed by atoms with Gasteiger partial charge in [0, 0.05) is 50.2 Å². The first-order valence-electron chi connectivity index (χ1n) is 13.0. The molecular weight excluding hydrogens is 458 g/mol. The Bertz CT molecular complexity index is 1460. The van der Waals surface area contributed by atoms with E-state index in [4.69, 9.17) is 14.7 Å². The number of anilines is 1. The van der Waals surface area contributed by atoms with Crippen LogP contribution in [0.5, 0.6) is 5.75 Å². The monoisotopic (exact) mass is 489 g/mol. The van der Waals surface area contributed by atoms with Crippen molar-refractivity contribution in [1.82, 2.24) is 19.4 Å². The summed E-state index contributed by atoms with van der Waals surface area (Å²) in [6, 6.07) is 29.5. The largest absolute Gasteiger partial charge is 0.494 e. The Balaban J connectivity index is 1.36. The minimum atomic E-state index is 0.652. The number of aromatic nitrogens is 3. The van der Waals surface area contributed by atoms with Gasteiger partial charge in [-0.25, -0.2) is 9.97 Å². The summed E-state index contributed by atoms with van der Waals surface area (Å²) in [5, 5.41) is 1.10. The van der Waals surface area contributed by atoms with E-state index in [1.807, 2.05) is 19.1 Å². The maximum atomic E-state index is 5.66. The van der Waals surface area contributed by atoms with E-state index in [1.54, 1.807) is 6.33 Å². The zero-order valence-electron chi connectivity index (χ0n) is 21.1. The minimum Gasteiger partial charge on any atom is -0.494 e. The third-order valence-electron chi connectivity index (χ3n) is 6.99. The molecule has 0 saturated carbocycles. The summed E-state index contributed by atoms with van der Waals surface area (Å²) in [4.78, 5) is 14.5. The maximum Gasteiger partial charge on any atom is 0.150 e. The van der Waals surface area contributed by atoms with Crippen molar-refractivity contribution in [1.29, 1.82) is 0 Å². The zero-order chi connectivity index (χ0) is 25.0. The summed E-state index contributed by atoms with van der Waals surface area (Å²) >= 11 is 0. The van der Waals surface area contributed by atoms with Gasteiger partial charge in [0.25, 0.3) is 0 Å². The predicted molar refractivity (Wildman–Crippen MR) is 149 cm³/mol. The summed E-state index contributed by atoms with van der Waals surface area (Å²) in [5.41, 5.74) is 5.63. The first-order valence-corrected chi connectivity index (χ1v) is 13.0. The highest BCUT2D eigenvalue weighted by Crippen LogP contribution is 2.37. The molecule has 0 spiro atoms. The fraction of sp³-hybridized carbons (Fsp3) is 0.226. The van der Waals surface area contributed by atoms with Gasteiger partial charge in [-0.15, -0.1) is 0 Å². The SMILES string of the molecule is CCOc1ccc(-n2cc(-c3ccccc3)c3c(N4CCN(Cc5ccccc5)CC4)ncnc32)cc1. The molecule has 3 heterocycles. The second kappa shape index (κ2) is 10.4. The van der Waals surface area contributed by atoms with E-state index < -0.39 is 0 Å². The quantitative estimate of drug-likeness (QED) is 0.289. The summed E-state index contributed by atoms with van der Waals surface area (Å²) in [5.74, 6) is 1.88. The van der Waals surface area contributed by atoms with Crippen molar-refractivity contribution in [3.05, 3.63) is 103 Å². The molecule has 5 aromatic rings. The Kier molecular flexibility index (Phi) is 6.57. The highest BCUT2D eigenvalue weighted by atomic mass is 16.5. The first-order chi connectivity index (χ1) is 18.3. The standard InChI is InChI=1S/C31H31N5O/c1-2-37-27-15-13-26(14-16-27)36-22-28(25-11-7-4-8-12-25)29-30(32-23-33-31(29)36)35-19-17-34(18-20-35)21-24-9-5-3-6-10-24/h3-16,22-23H,2,17-21H2,1H3. The van der Waals surface area contributed by atoms with Gasteiger partial charge in [0.2, 0.25) is 0 Å². The molecule has 0 N–H and O–H groups in total. The lowest BCUT2D eigenvalue weighted by molar-refractivity contribution is 0.249. The number of piperazine rings is 1. The predicted octanol–water partition coefficient (Wildman–Crippen LogP) is 5.81. The van der Waals surface area contributed by atoms with E-state index in [9.17, 15) is 0 Å². The Morgan fingerprint density at radius 2 is 1.49 bits per heavy atom. The molecule has 1 aliphatic heterocycles. The average molecular weight is 490 g/mol. The van der Waals surface area contributed by atoms with E-state index in [0.717, 1.165) is 72.1 Å². The summed E-state index contributed by atoms with van der Waals surface area (Å²) < 4.78 is 7.83. The molecule has 6 heteroatoms. The van der Waals surface area contributed by atoms with Crippen molar-refractivity contribution >= 4 is 16.9 Å². The molecule has 0 bridgehead atoms. The van der Waals surface area contributed by atoms with Gasteiger partial charge in [-0.3, -0.25) is 4.90 Å². The van der Waals surface area contributed by atoms with Gasteiger partial charge in [-0.1, -0.05) is 60.7 Å². The van der Waals surface area contributed by atoms with Gasteiger partial charge in [0.05, 0.1) is 12.0 Å². The number of rotatable bonds is 7. The van der Waals surface area contributed by atoms with E-state index in [2.05, 4.69) is 93.4 Å². The van der Waals surface area contributed by atoms with Crippen LogP contribution < -0.4 is 9.64 Å². The van der Waals surface area contributed by atoms with Crippen LogP contribution in [0.3, 0.4) is 0 Å². The second-order valence-corrected chi connectivity index (χ2v) is 9.35. The van der Waals surface area contributed by atoms with Gasteiger partial charge in [-0.2, -0.15) is 0 Å². The van der Waals surface area contributed by atoms with Crippen molar-refractivity contribution in [2.45, 2.75) is 13.5 Å². The number of benzene rings is 3. The molecule has 186 valence electrons. The number of hydrogen-bond acceptors (Lipinski definition) is 5. The molecule has 0 atom stereocenters. The molecule has 6 rings (SSSR count). The Morgan fingerprint density at radius 3 is 2.19 bits per heavy atom. The Hall–Kier alpha value is -4.16. The van der Waals surface area contributed by atoms with Gasteiger partial charge in [-0.05, 0) is 42.3 Å². The normalized spacial score (nSPS) is 14.2. The van der Waals surface area contributed by atoms with Crippen LogP contribution in [0.25, 0.3) is 27.8 Å². The van der Waals surface area contributed by atoms with E-state index >= 15 is 0 Å². The van der Waals surface area contributed by atoms with Crippen molar-refractivity contribution < 1.29 is 4.74 Å². The maximum absolute atomic E-state index is 5.66. The fourth-order valence-electron chi connectivity index (χ4n) is 5.15. The topological polar surface area (TPSA) is 46.4 Å². The van der Waals surface area contributed by atoms with E-state index in [1.165, 1.54) is 5.56 Å². The molecule has 1 fully saturated rings. The summed E-state index contributed by atoms with van der Waals surface area (Å²) in [6.45, 7) is 7.50. The molecule has 1 aliphatic rings. The first kappa shape index (κ1) is 23.3. The molecule has 0 amide bonds. The highest BCUT2D eigenvalue weighted by molar-refractivity contribution is 6.02. The number of ether oxygens (including phenoxy) is 1. The lowest BCUT2D eigenvalue weighted by Gasteiger charge is -2.35. The molecule has 0 aliphatic carbocycles. The molecule has 0 unspecified atom stereocenters. The van der Waals surface area contributed by atoms with Crippen LogP contribution in [-0.4, -0.2) is 52.2 Å². The molecule has 2 aromatic heterocycles. The number of hydrogen-bond donors (Lipinski definition) is 0. The lowest BCUT2D eigenvalue weighted by Crippen LogP contribution is -2.46. The van der Waals surface area contributed by atoms with Crippen molar-refractivity contribution in [3.8, 4) is 22.6 Å². The Labute approximate surface area is 217 Å². The second-order valence-electron chi connectivity index (χ2n) is 9.35. The molecule has 1 saturated heterocycles. The van der Waals surface area contributed by atoms with Crippen LogP contribution in [0.15, 0.2) is 97.5 Å². The molecule has 0 radical (unpaired) electrons. The molecule has 6 nitrogen and oxygen atoms in total. The van der Waals surface area contributed by atoms with Crippen LogP contribution in [0, 0.1) is 0 Å². The minimum absolute atomic E-state index is 0.652. The molecule has 3 aromatic carbocycles. The van der Waals surface area contributed by atoms with Crippen LogP contribution in [0.4, 0.5) is 5.82 Å². The lowest BCUT2D eigenvalue weighted by atomic mass is 10.1. The van der Waals surface area contributed by atoms with Gasteiger partial charge in [0.15, 0.2) is 5.65 Å². The van der Waals surface area contributed by atoms with Crippen LogP contribution in [-0.2, 0) is 6.54 Å². The summed E-state index contributed by atoms with van der Waals surface area (Å²) in [7, 11) is 0. The third kappa shape index (κ3) is 4.80. The van der Waals surface area contributed by atoms with Gasteiger partial charge in [0.1, 0.15) is 17.9 Å². The van der Waals surface area contributed by atoms with Crippen molar-refractivity contribution in [2.75, 3.05) is 37.7 Å². The smallest absolute Gasteiger partial charge is 0.150 e. The van der Waals surface area contributed by atoms with E-state index in [-0.39, 0.29) is 0 Å². The van der Waals surface area contributed by atoms with Gasteiger partial charge >= 0.3 is 0 Å². The number of fused-ring (bicyclic) bond motifs is 1. The van der Waals surface area contributed by atoms with Crippen molar-refractivity contribution in [3.63, 3.8) is 0 Å². The van der Waals surface area contributed by atoms with Crippen LogP contribution >= 0.6 is 0 Å². The van der Waals surface area contributed by atoms with Crippen molar-refractivity contribution in [2.24, 2.45) is 0 Å². The average Bonchev–Trinajstić information content (AvgIpc) is 3.35. The molecular formula is C31H31N5O. The Morgan fingerprint density at radius 1 is 0.784 bits per heavy atom. The highest BCUT2D eigenvalue weighted by Gasteiger charge is 2.24.